The molecule has 1 aromatic carbocycles. The average molecular weight is 239 g/mol. The molecule has 0 saturated carbocycles. The molecule has 0 aliphatic carbocycles. The van der Waals surface area contributed by atoms with Crippen molar-refractivity contribution < 1.29 is 14.2 Å². The van der Waals surface area contributed by atoms with E-state index in [0.717, 1.165) is 19.5 Å². The number of aliphatic hydroxyl groups excluding tert-OH is 1. The first-order chi connectivity index (χ1) is 8.22. The maximum absolute atomic E-state index is 13.9. The van der Waals surface area contributed by atoms with Crippen molar-refractivity contribution in [2.75, 3.05) is 20.2 Å². The summed E-state index contributed by atoms with van der Waals surface area (Å²) in [4.78, 5) is 0. The monoisotopic (exact) mass is 239 g/mol. The third kappa shape index (κ3) is 2.76. The minimum absolute atomic E-state index is 0.0744. The van der Waals surface area contributed by atoms with Crippen molar-refractivity contribution in [2.45, 2.75) is 18.9 Å². The Kier molecular flexibility index (Phi) is 3.97. The zero-order chi connectivity index (χ0) is 12.3. The standard InChI is InChI=1S/C13H18FNO2/c1-17-12-4-2-3-9(13(12)14)7-10-8-15-6-5-11(10)16/h2-4,10-11,15-16H,5-8H2,1H3. The van der Waals surface area contributed by atoms with Crippen LogP contribution in [-0.2, 0) is 6.42 Å². The molecule has 2 N–H and O–H groups in total. The zero-order valence-corrected chi connectivity index (χ0v) is 9.95. The Balaban J connectivity index is 2.12. The lowest BCUT2D eigenvalue weighted by Crippen LogP contribution is -2.41. The summed E-state index contributed by atoms with van der Waals surface area (Å²) < 4.78 is 18.9. The van der Waals surface area contributed by atoms with Crippen LogP contribution in [0.1, 0.15) is 12.0 Å². The van der Waals surface area contributed by atoms with Crippen molar-refractivity contribution in [1.29, 1.82) is 0 Å². The van der Waals surface area contributed by atoms with E-state index in [2.05, 4.69) is 5.32 Å². The van der Waals surface area contributed by atoms with E-state index in [4.69, 9.17) is 4.74 Å². The van der Waals surface area contributed by atoms with Crippen LogP contribution in [0.3, 0.4) is 0 Å². The molecular weight excluding hydrogens is 221 g/mol. The Bertz CT molecular complexity index is 384. The fourth-order valence-electron chi connectivity index (χ4n) is 2.27. The first kappa shape index (κ1) is 12.3. The van der Waals surface area contributed by atoms with E-state index in [1.54, 1.807) is 18.2 Å². The van der Waals surface area contributed by atoms with Gasteiger partial charge in [0.2, 0.25) is 0 Å². The minimum Gasteiger partial charge on any atom is -0.494 e. The average Bonchev–Trinajstić information content (AvgIpc) is 2.34. The van der Waals surface area contributed by atoms with Crippen molar-refractivity contribution in [1.82, 2.24) is 5.32 Å². The first-order valence-electron chi connectivity index (χ1n) is 5.92. The molecule has 94 valence electrons. The molecule has 2 atom stereocenters. The largest absolute Gasteiger partial charge is 0.494 e. The lowest BCUT2D eigenvalue weighted by Gasteiger charge is -2.28. The van der Waals surface area contributed by atoms with E-state index in [1.165, 1.54) is 7.11 Å². The Morgan fingerprint density at radius 1 is 1.53 bits per heavy atom. The molecule has 1 aromatic rings. The van der Waals surface area contributed by atoms with Crippen LogP contribution in [0.4, 0.5) is 4.39 Å². The molecule has 0 bridgehead atoms. The summed E-state index contributed by atoms with van der Waals surface area (Å²) in [5.74, 6) is 0.0267. The Morgan fingerprint density at radius 2 is 2.35 bits per heavy atom. The molecule has 1 heterocycles. The van der Waals surface area contributed by atoms with Crippen molar-refractivity contribution in [3.8, 4) is 5.75 Å². The molecule has 1 saturated heterocycles. The molecule has 3 nitrogen and oxygen atoms in total. The third-order valence-electron chi connectivity index (χ3n) is 3.31. The van der Waals surface area contributed by atoms with E-state index in [0.29, 0.717) is 12.0 Å². The number of hydrogen-bond acceptors (Lipinski definition) is 3. The SMILES string of the molecule is COc1cccc(CC2CNCCC2O)c1F. The molecule has 2 rings (SSSR count). The van der Waals surface area contributed by atoms with E-state index >= 15 is 0 Å². The molecule has 2 unspecified atom stereocenters. The number of hydrogen-bond donors (Lipinski definition) is 2. The fraction of sp³-hybridized carbons (Fsp3) is 0.538. The second kappa shape index (κ2) is 5.47. The predicted octanol–water partition coefficient (Wildman–Crippen LogP) is 1.35. The van der Waals surface area contributed by atoms with Gasteiger partial charge in [0.1, 0.15) is 0 Å². The number of methoxy groups -OCH3 is 1. The number of halogens is 1. The van der Waals surface area contributed by atoms with Crippen molar-refractivity contribution in [2.24, 2.45) is 5.92 Å². The van der Waals surface area contributed by atoms with Gasteiger partial charge < -0.3 is 15.2 Å². The Hall–Kier alpha value is -1.13. The highest BCUT2D eigenvalue weighted by atomic mass is 19.1. The lowest BCUT2D eigenvalue weighted by molar-refractivity contribution is 0.0787. The van der Waals surface area contributed by atoms with Gasteiger partial charge in [-0.3, -0.25) is 0 Å². The fourth-order valence-corrected chi connectivity index (χ4v) is 2.27. The van der Waals surface area contributed by atoms with Crippen LogP contribution in [-0.4, -0.2) is 31.4 Å². The van der Waals surface area contributed by atoms with E-state index in [1.807, 2.05) is 0 Å². The van der Waals surface area contributed by atoms with Crippen molar-refractivity contribution in [3.63, 3.8) is 0 Å². The number of ether oxygens (including phenoxy) is 1. The summed E-state index contributed by atoms with van der Waals surface area (Å²) in [6.45, 7) is 1.57. The third-order valence-corrected chi connectivity index (χ3v) is 3.31. The lowest BCUT2D eigenvalue weighted by atomic mass is 9.89. The van der Waals surface area contributed by atoms with Crippen molar-refractivity contribution in [3.05, 3.63) is 29.6 Å². The zero-order valence-electron chi connectivity index (χ0n) is 9.95. The number of rotatable bonds is 3. The summed E-state index contributed by atoms with van der Waals surface area (Å²) >= 11 is 0. The van der Waals surface area contributed by atoms with Gasteiger partial charge in [-0.1, -0.05) is 12.1 Å². The Morgan fingerprint density at radius 3 is 3.06 bits per heavy atom. The molecule has 1 aliphatic heterocycles. The quantitative estimate of drug-likeness (QED) is 0.836. The number of aliphatic hydroxyl groups is 1. The molecule has 0 amide bonds. The normalized spacial score (nSPS) is 24.6. The van der Waals surface area contributed by atoms with E-state index in [9.17, 15) is 9.50 Å². The van der Waals surface area contributed by atoms with Crippen LogP contribution in [0, 0.1) is 11.7 Å². The maximum Gasteiger partial charge on any atom is 0.168 e. The molecule has 1 aliphatic rings. The summed E-state index contributed by atoms with van der Waals surface area (Å²) in [5.41, 5.74) is 0.608. The maximum atomic E-state index is 13.9. The molecule has 17 heavy (non-hydrogen) atoms. The molecule has 1 fully saturated rings. The van der Waals surface area contributed by atoms with Crippen LogP contribution < -0.4 is 10.1 Å². The van der Waals surface area contributed by atoms with Gasteiger partial charge in [0, 0.05) is 12.5 Å². The van der Waals surface area contributed by atoms with E-state index < -0.39 is 0 Å². The van der Waals surface area contributed by atoms with Gasteiger partial charge in [0.25, 0.3) is 0 Å². The van der Waals surface area contributed by atoms with Gasteiger partial charge >= 0.3 is 0 Å². The summed E-state index contributed by atoms with van der Waals surface area (Å²) in [6, 6.07) is 5.13. The van der Waals surface area contributed by atoms with Crippen LogP contribution in [0.2, 0.25) is 0 Å². The summed E-state index contributed by atoms with van der Waals surface area (Å²) in [7, 11) is 1.46. The van der Waals surface area contributed by atoms with Gasteiger partial charge in [0.15, 0.2) is 11.6 Å². The molecule has 0 radical (unpaired) electrons. The molecule has 0 spiro atoms. The van der Waals surface area contributed by atoms with Crippen LogP contribution in [0.5, 0.6) is 5.75 Å². The van der Waals surface area contributed by atoms with Gasteiger partial charge in [-0.2, -0.15) is 0 Å². The predicted molar refractivity (Wildman–Crippen MR) is 63.6 cm³/mol. The van der Waals surface area contributed by atoms with Gasteiger partial charge in [0.05, 0.1) is 13.2 Å². The first-order valence-corrected chi connectivity index (χ1v) is 5.92. The highest BCUT2D eigenvalue weighted by Crippen LogP contribution is 2.24. The summed E-state index contributed by atoms with van der Waals surface area (Å²) in [6.07, 6.45) is 0.926. The minimum atomic E-state index is -0.346. The highest BCUT2D eigenvalue weighted by Gasteiger charge is 2.24. The van der Waals surface area contributed by atoms with Gasteiger partial charge in [-0.25, -0.2) is 4.39 Å². The number of benzene rings is 1. The molecule has 0 aromatic heterocycles. The second-order valence-electron chi connectivity index (χ2n) is 4.46. The number of piperidine rings is 1. The van der Waals surface area contributed by atoms with Crippen molar-refractivity contribution >= 4 is 0 Å². The molecule has 4 heteroatoms. The van der Waals surface area contributed by atoms with Crippen LogP contribution in [0.25, 0.3) is 0 Å². The van der Waals surface area contributed by atoms with Gasteiger partial charge in [-0.05, 0) is 31.0 Å². The van der Waals surface area contributed by atoms with Crippen LogP contribution in [0.15, 0.2) is 18.2 Å². The smallest absolute Gasteiger partial charge is 0.168 e. The van der Waals surface area contributed by atoms with Crippen LogP contribution >= 0.6 is 0 Å². The van der Waals surface area contributed by atoms with Gasteiger partial charge in [-0.15, -0.1) is 0 Å². The Labute approximate surface area is 101 Å². The molecular formula is C13H18FNO2. The highest BCUT2D eigenvalue weighted by molar-refractivity contribution is 5.31. The number of nitrogens with one attached hydrogen (secondary N) is 1. The topological polar surface area (TPSA) is 41.5 Å². The van der Waals surface area contributed by atoms with E-state index in [-0.39, 0.29) is 23.6 Å². The summed E-state index contributed by atoms with van der Waals surface area (Å²) in [5, 5.41) is 13.1. The second-order valence-corrected chi connectivity index (χ2v) is 4.46.